The van der Waals surface area contributed by atoms with Crippen LogP contribution in [0.25, 0.3) is 0 Å². The van der Waals surface area contributed by atoms with Crippen LogP contribution in [0.2, 0.25) is 10.0 Å². The summed E-state index contributed by atoms with van der Waals surface area (Å²) in [5.74, 6) is 1.84. The summed E-state index contributed by atoms with van der Waals surface area (Å²) in [7, 11) is 1.63. The molecule has 2 rings (SSSR count). The van der Waals surface area contributed by atoms with Gasteiger partial charge < -0.3 is 10.1 Å². The summed E-state index contributed by atoms with van der Waals surface area (Å²) >= 11 is 13.4. The molecule has 0 aromatic heterocycles. The van der Waals surface area contributed by atoms with E-state index in [1.54, 1.807) is 25.3 Å². The highest BCUT2D eigenvalue weighted by Gasteiger charge is 2.07. The summed E-state index contributed by atoms with van der Waals surface area (Å²) in [4.78, 5) is 11.9. The Kier molecular flexibility index (Phi) is 6.43. The Morgan fingerprint density at radius 2 is 1.91 bits per heavy atom. The summed E-state index contributed by atoms with van der Waals surface area (Å²) in [6.45, 7) is 0. The summed E-state index contributed by atoms with van der Waals surface area (Å²) < 4.78 is 5.11. The summed E-state index contributed by atoms with van der Waals surface area (Å²) in [6, 6.07) is 12.8. The number of thioether (sulfide) groups is 1. The van der Waals surface area contributed by atoms with Crippen molar-refractivity contribution in [1.29, 1.82) is 0 Å². The summed E-state index contributed by atoms with van der Waals surface area (Å²) in [6.07, 6.45) is 0. The fourth-order valence-electron chi connectivity index (χ4n) is 1.76. The quantitative estimate of drug-likeness (QED) is 0.802. The Morgan fingerprint density at radius 3 is 2.55 bits per heavy atom. The minimum absolute atomic E-state index is 0.0947. The molecular weight excluding hydrogens is 341 g/mol. The molecule has 0 atom stereocenters. The monoisotopic (exact) mass is 355 g/mol. The Bertz CT molecular complexity index is 647. The fourth-order valence-corrected chi connectivity index (χ4v) is 3.00. The van der Waals surface area contributed by atoms with Gasteiger partial charge in [0.25, 0.3) is 0 Å². The van der Waals surface area contributed by atoms with E-state index in [-0.39, 0.29) is 5.91 Å². The van der Waals surface area contributed by atoms with Crippen molar-refractivity contribution < 1.29 is 9.53 Å². The molecule has 0 bridgehead atoms. The van der Waals surface area contributed by atoms with E-state index < -0.39 is 0 Å². The normalized spacial score (nSPS) is 10.3. The van der Waals surface area contributed by atoms with E-state index in [9.17, 15) is 4.79 Å². The molecule has 1 amide bonds. The van der Waals surface area contributed by atoms with E-state index in [2.05, 4.69) is 5.32 Å². The predicted molar refractivity (Wildman–Crippen MR) is 94.2 cm³/mol. The highest BCUT2D eigenvalue weighted by Crippen LogP contribution is 2.25. The van der Waals surface area contributed by atoms with Gasteiger partial charge in [0.05, 0.1) is 23.6 Å². The zero-order valence-electron chi connectivity index (χ0n) is 11.9. The first-order valence-electron chi connectivity index (χ1n) is 6.54. The van der Waals surface area contributed by atoms with Gasteiger partial charge in [0.2, 0.25) is 5.91 Å². The number of hydrogen-bond donors (Lipinski definition) is 1. The molecule has 22 heavy (non-hydrogen) atoms. The van der Waals surface area contributed by atoms with Crippen molar-refractivity contribution in [3.8, 4) is 5.75 Å². The minimum Gasteiger partial charge on any atom is -0.497 e. The van der Waals surface area contributed by atoms with E-state index in [0.29, 0.717) is 21.5 Å². The van der Waals surface area contributed by atoms with E-state index >= 15 is 0 Å². The first-order valence-corrected chi connectivity index (χ1v) is 8.45. The molecule has 0 heterocycles. The van der Waals surface area contributed by atoms with Gasteiger partial charge in [-0.15, -0.1) is 11.8 Å². The molecule has 0 spiro atoms. The number of benzene rings is 2. The van der Waals surface area contributed by atoms with E-state index in [4.69, 9.17) is 27.9 Å². The number of methoxy groups -OCH3 is 1. The minimum atomic E-state index is -0.0947. The van der Waals surface area contributed by atoms with E-state index in [0.717, 1.165) is 17.1 Å². The Balaban J connectivity index is 1.79. The van der Waals surface area contributed by atoms with Crippen LogP contribution in [0, 0.1) is 0 Å². The van der Waals surface area contributed by atoms with Crippen molar-refractivity contribution in [3.05, 3.63) is 58.1 Å². The molecule has 3 nitrogen and oxygen atoms in total. The molecule has 0 fully saturated rings. The lowest BCUT2D eigenvalue weighted by Crippen LogP contribution is -2.14. The number of carbonyl (C=O) groups is 1. The number of rotatable bonds is 6. The summed E-state index contributed by atoms with van der Waals surface area (Å²) in [5.41, 5.74) is 1.71. The van der Waals surface area contributed by atoms with E-state index in [1.807, 2.05) is 24.3 Å². The summed E-state index contributed by atoms with van der Waals surface area (Å²) in [5, 5.41) is 3.74. The SMILES string of the molecule is COc1ccc(CSCC(=O)Nc2ccc(Cl)cc2Cl)cc1. The molecular formula is C16H15Cl2NO2S. The van der Waals surface area contributed by atoms with Crippen molar-refractivity contribution in [3.63, 3.8) is 0 Å². The molecule has 0 aliphatic heterocycles. The van der Waals surface area contributed by atoms with Gasteiger partial charge in [0.15, 0.2) is 0 Å². The maximum absolute atomic E-state index is 11.9. The van der Waals surface area contributed by atoms with E-state index in [1.165, 1.54) is 11.8 Å². The van der Waals surface area contributed by atoms with Gasteiger partial charge in [-0.2, -0.15) is 0 Å². The Morgan fingerprint density at radius 1 is 1.18 bits per heavy atom. The molecule has 0 saturated heterocycles. The molecule has 0 aliphatic rings. The molecule has 1 N–H and O–H groups in total. The second-order valence-electron chi connectivity index (χ2n) is 4.51. The molecule has 2 aromatic carbocycles. The maximum atomic E-state index is 11.9. The molecule has 0 aliphatic carbocycles. The van der Waals surface area contributed by atoms with Crippen LogP contribution in [0.4, 0.5) is 5.69 Å². The molecule has 0 unspecified atom stereocenters. The molecule has 6 heteroatoms. The van der Waals surface area contributed by atoms with Gasteiger partial charge >= 0.3 is 0 Å². The first-order chi connectivity index (χ1) is 10.6. The highest BCUT2D eigenvalue weighted by molar-refractivity contribution is 7.99. The Hall–Kier alpha value is -1.36. The number of amides is 1. The van der Waals surface area contributed by atoms with Crippen LogP contribution in [0.15, 0.2) is 42.5 Å². The zero-order valence-corrected chi connectivity index (χ0v) is 14.3. The molecule has 2 aromatic rings. The van der Waals surface area contributed by atoms with Crippen molar-refractivity contribution in [2.45, 2.75) is 5.75 Å². The number of halogens is 2. The lowest BCUT2D eigenvalue weighted by Gasteiger charge is -2.07. The maximum Gasteiger partial charge on any atom is 0.234 e. The van der Waals surface area contributed by atoms with Crippen molar-refractivity contribution in [2.24, 2.45) is 0 Å². The van der Waals surface area contributed by atoms with Crippen LogP contribution in [0.5, 0.6) is 5.75 Å². The third-order valence-corrected chi connectivity index (χ3v) is 4.42. The van der Waals surface area contributed by atoms with Gasteiger partial charge in [0.1, 0.15) is 5.75 Å². The van der Waals surface area contributed by atoms with Gasteiger partial charge in [-0.1, -0.05) is 35.3 Å². The van der Waals surface area contributed by atoms with Crippen LogP contribution < -0.4 is 10.1 Å². The number of hydrogen-bond acceptors (Lipinski definition) is 3. The smallest absolute Gasteiger partial charge is 0.234 e. The fraction of sp³-hybridized carbons (Fsp3) is 0.188. The van der Waals surface area contributed by atoms with Gasteiger partial charge in [0, 0.05) is 10.8 Å². The third kappa shape index (κ3) is 5.13. The van der Waals surface area contributed by atoms with Crippen LogP contribution in [-0.2, 0) is 10.5 Å². The standard InChI is InChI=1S/C16H15Cl2NO2S/c1-21-13-5-2-11(3-6-13)9-22-10-16(20)19-15-7-4-12(17)8-14(15)18/h2-8H,9-10H2,1H3,(H,19,20). The average Bonchev–Trinajstić information content (AvgIpc) is 2.51. The van der Waals surface area contributed by atoms with Crippen LogP contribution in [-0.4, -0.2) is 18.8 Å². The van der Waals surface area contributed by atoms with Crippen molar-refractivity contribution >= 4 is 46.6 Å². The second kappa shape index (κ2) is 8.32. The van der Waals surface area contributed by atoms with Crippen molar-refractivity contribution in [2.75, 3.05) is 18.2 Å². The lowest BCUT2D eigenvalue weighted by molar-refractivity contribution is -0.113. The number of anilines is 1. The van der Waals surface area contributed by atoms with Crippen molar-refractivity contribution in [1.82, 2.24) is 0 Å². The zero-order chi connectivity index (χ0) is 15.9. The highest BCUT2D eigenvalue weighted by atomic mass is 35.5. The van der Waals surface area contributed by atoms with Crippen LogP contribution in [0.3, 0.4) is 0 Å². The second-order valence-corrected chi connectivity index (χ2v) is 6.34. The molecule has 116 valence electrons. The molecule has 0 saturated carbocycles. The lowest BCUT2D eigenvalue weighted by atomic mass is 10.2. The van der Waals surface area contributed by atoms with Crippen LogP contribution >= 0.6 is 35.0 Å². The third-order valence-electron chi connectivity index (χ3n) is 2.87. The Labute approximate surface area is 144 Å². The predicted octanol–water partition coefficient (Wildman–Crippen LogP) is 4.87. The number of ether oxygens (including phenoxy) is 1. The first kappa shape index (κ1) is 17.0. The average molecular weight is 356 g/mol. The largest absolute Gasteiger partial charge is 0.497 e. The molecule has 0 radical (unpaired) electrons. The topological polar surface area (TPSA) is 38.3 Å². The number of nitrogens with one attached hydrogen (secondary N) is 1. The van der Waals surface area contributed by atoms with Gasteiger partial charge in [-0.25, -0.2) is 0 Å². The van der Waals surface area contributed by atoms with Crippen LogP contribution in [0.1, 0.15) is 5.56 Å². The van der Waals surface area contributed by atoms with Gasteiger partial charge in [-0.3, -0.25) is 4.79 Å². The van der Waals surface area contributed by atoms with Gasteiger partial charge in [-0.05, 0) is 35.9 Å². The number of carbonyl (C=O) groups excluding carboxylic acids is 1.